The number of benzene rings is 1. The van der Waals surface area contributed by atoms with Crippen molar-refractivity contribution in [2.75, 3.05) is 0 Å². The maximum Gasteiger partial charge on any atom is 0.154 e. The Morgan fingerprint density at radius 3 is 2.67 bits per heavy atom. The molecular formula is C16H10FN3O. The molecule has 3 aromatic rings. The molecule has 0 aliphatic heterocycles. The Hall–Kier alpha value is -3.00. The molecule has 0 fully saturated rings. The van der Waals surface area contributed by atoms with Crippen LogP contribution < -0.4 is 0 Å². The molecule has 0 spiro atoms. The SMILES string of the molecule is N#Cc1ccc(C(F)c2cncnc2)c(-c2ccco2)c1. The molecule has 0 N–H and O–H groups in total. The van der Waals surface area contributed by atoms with Gasteiger partial charge in [0.2, 0.25) is 0 Å². The Labute approximate surface area is 120 Å². The van der Waals surface area contributed by atoms with Crippen molar-refractivity contribution in [3.05, 3.63) is 72.0 Å². The van der Waals surface area contributed by atoms with Crippen LogP contribution in [0.15, 0.2) is 59.7 Å². The maximum atomic E-state index is 14.8. The van der Waals surface area contributed by atoms with Gasteiger partial charge in [-0.25, -0.2) is 14.4 Å². The van der Waals surface area contributed by atoms with Crippen LogP contribution in [-0.2, 0) is 0 Å². The highest BCUT2D eigenvalue weighted by molar-refractivity contribution is 5.66. The van der Waals surface area contributed by atoms with Gasteiger partial charge in [-0.15, -0.1) is 0 Å². The van der Waals surface area contributed by atoms with Crippen molar-refractivity contribution in [1.29, 1.82) is 5.26 Å². The summed E-state index contributed by atoms with van der Waals surface area (Å²) < 4.78 is 20.1. The molecule has 0 aliphatic rings. The lowest BCUT2D eigenvalue weighted by Gasteiger charge is -2.12. The van der Waals surface area contributed by atoms with E-state index in [0.717, 1.165) is 0 Å². The van der Waals surface area contributed by atoms with Crippen molar-refractivity contribution in [1.82, 2.24) is 9.97 Å². The molecular weight excluding hydrogens is 269 g/mol. The third kappa shape index (κ3) is 2.51. The minimum atomic E-state index is -1.39. The van der Waals surface area contributed by atoms with Gasteiger partial charge in [-0.1, -0.05) is 6.07 Å². The third-order valence-electron chi connectivity index (χ3n) is 3.12. The van der Waals surface area contributed by atoms with Crippen molar-refractivity contribution in [3.63, 3.8) is 0 Å². The fourth-order valence-electron chi connectivity index (χ4n) is 2.11. The quantitative estimate of drug-likeness (QED) is 0.733. The van der Waals surface area contributed by atoms with Crippen molar-refractivity contribution in [2.24, 2.45) is 0 Å². The van der Waals surface area contributed by atoms with Gasteiger partial charge in [0.05, 0.1) is 17.9 Å². The highest BCUT2D eigenvalue weighted by Crippen LogP contribution is 2.34. The second-order valence-corrected chi connectivity index (χ2v) is 4.43. The molecule has 1 aromatic carbocycles. The van der Waals surface area contributed by atoms with Gasteiger partial charge in [-0.3, -0.25) is 0 Å². The summed E-state index contributed by atoms with van der Waals surface area (Å²) in [5, 5.41) is 9.01. The van der Waals surface area contributed by atoms with Gasteiger partial charge in [-0.2, -0.15) is 5.26 Å². The summed E-state index contributed by atoms with van der Waals surface area (Å²) in [7, 11) is 0. The molecule has 102 valence electrons. The number of hydrogen-bond acceptors (Lipinski definition) is 4. The normalized spacial score (nSPS) is 11.8. The molecule has 21 heavy (non-hydrogen) atoms. The summed E-state index contributed by atoms with van der Waals surface area (Å²) in [6, 6.07) is 10.3. The third-order valence-corrected chi connectivity index (χ3v) is 3.12. The summed E-state index contributed by atoms with van der Waals surface area (Å²) in [5.74, 6) is 0.515. The average Bonchev–Trinajstić information content (AvgIpc) is 3.09. The number of halogens is 1. The zero-order valence-electron chi connectivity index (χ0n) is 10.9. The van der Waals surface area contributed by atoms with E-state index in [-0.39, 0.29) is 0 Å². The molecule has 3 rings (SSSR count). The summed E-state index contributed by atoms with van der Waals surface area (Å²) in [6.07, 6.45) is 4.34. The Morgan fingerprint density at radius 2 is 2.00 bits per heavy atom. The largest absolute Gasteiger partial charge is 0.464 e. The Morgan fingerprint density at radius 1 is 1.19 bits per heavy atom. The smallest absolute Gasteiger partial charge is 0.154 e. The first kappa shape index (κ1) is 13.0. The van der Waals surface area contributed by atoms with Crippen molar-refractivity contribution in [3.8, 4) is 17.4 Å². The van der Waals surface area contributed by atoms with Gasteiger partial charge in [0.15, 0.2) is 6.17 Å². The molecule has 5 heteroatoms. The molecule has 4 nitrogen and oxygen atoms in total. The Bertz CT molecular complexity index is 779. The van der Waals surface area contributed by atoms with Crippen LogP contribution in [-0.4, -0.2) is 9.97 Å². The Balaban J connectivity index is 2.12. The van der Waals surface area contributed by atoms with Crippen LogP contribution in [0.5, 0.6) is 0 Å². The average molecular weight is 279 g/mol. The number of furan rings is 1. The number of hydrogen-bond donors (Lipinski definition) is 0. The van der Waals surface area contributed by atoms with E-state index in [9.17, 15) is 4.39 Å². The first-order valence-electron chi connectivity index (χ1n) is 6.26. The van der Waals surface area contributed by atoms with Crippen LogP contribution in [0.4, 0.5) is 4.39 Å². The molecule has 0 bridgehead atoms. The predicted molar refractivity (Wildman–Crippen MR) is 73.8 cm³/mol. The zero-order chi connectivity index (χ0) is 14.7. The van der Waals surface area contributed by atoms with Crippen molar-refractivity contribution >= 4 is 0 Å². The van der Waals surface area contributed by atoms with Gasteiger partial charge in [0.1, 0.15) is 12.1 Å². The van der Waals surface area contributed by atoms with Gasteiger partial charge in [0.25, 0.3) is 0 Å². The van der Waals surface area contributed by atoms with Crippen LogP contribution in [0, 0.1) is 11.3 Å². The van der Waals surface area contributed by atoms with E-state index >= 15 is 0 Å². The molecule has 0 saturated heterocycles. The number of nitrogens with zero attached hydrogens (tertiary/aromatic N) is 3. The molecule has 1 unspecified atom stereocenters. The lowest BCUT2D eigenvalue weighted by Crippen LogP contribution is -1.99. The summed E-state index contributed by atoms with van der Waals surface area (Å²) >= 11 is 0. The van der Waals surface area contributed by atoms with E-state index in [1.807, 2.05) is 6.07 Å². The number of nitriles is 1. The van der Waals surface area contributed by atoms with Crippen LogP contribution in [0.25, 0.3) is 11.3 Å². The van der Waals surface area contributed by atoms with E-state index in [2.05, 4.69) is 9.97 Å². The highest BCUT2D eigenvalue weighted by Gasteiger charge is 2.19. The van der Waals surface area contributed by atoms with Crippen LogP contribution in [0.3, 0.4) is 0 Å². The van der Waals surface area contributed by atoms with Gasteiger partial charge >= 0.3 is 0 Å². The van der Waals surface area contributed by atoms with Crippen LogP contribution in [0.1, 0.15) is 22.9 Å². The minimum absolute atomic E-state index is 0.356. The molecule has 0 radical (unpaired) electrons. The molecule has 0 amide bonds. The van der Waals surface area contributed by atoms with Crippen molar-refractivity contribution < 1.29 is 8.81 Å². The molecule has 2 aromatic heterocycles. The molecule has 0 aliphatic carbocycles. The summed E-state index contributed by atoms with van der Waals surface area (Å²) in [4.78, 5) is 7.66. The number of aromatic nitrogens is 2. The summed E-state index contributed by atoms with van der Waals surface area (Å²) in [5.41, 5.74) is 1.77. The standard InChI is InChI=1S/C16H10FN3O/c17-16(12-8-19-10-20-9-12)13-4-3-11(7-18)6-14(13)15-2-1-5-21-15/h1-6,8-10,16H. The topological polar surface area (TPSA) is 62.7 Å². The fraction of sp³-hybridized carbons (Fsp3) is 0.0625. The van der Waals surface area contributed by atoms with E-state index < -0.39 is 6.17 Å². The monoisotopic (exact) mass is 279 g/mol. The second kappa shape index (κ2) is 5.55. The minimum Gasteiger partial charge on any atom is -0.464 e. The molecule has 2 heterocycles. The lowest BCUT2D eigenvalue weighted by molar-refractivity contribution is 0.400. The molecule has 0 saturated carbocycles. The van der Waals surface area contributed by atoms with Crippen LogP contribution >= 0.6 is 0 Å². The second-order valence-electron chi connectivity index (χ2n) is 4.43. The molecule has 1 atom stereocenters. The first-order valence-corrected chi connectivity index (χ1v) is 6.26. The highest BCUT2D eigenvalue weighted by atomic mass is 19.1. The first-order chi connectivity index (χ1) is 10.3. The van der Waals surface area contributed by atoms with E-state index in [0.29, 0.717) is 28.0 Å². The maximum absolute atomic E-state index is 14.8. The van der Waals surface area contributed by atoms with Gasteiger partial charge < -0.3 is 4.42 Å². The van der Waals surface area contributed by atoms with E-state index in [4.69, 9.17) is 9.68 Å². The fourth-order valence-corrected chi connectivity index (χ4v) is 2.11. The number of alkyl halides is 1. The van der Waals surface area contributed by atoms with Gasteiger partial charge in [0, 0.05) is 29.1 Å². The van der Waals surface area contributed by atoms with Crippen molar-refractivity contribution in [2.45, 2.75) is 6.17 Å². The predicted octanol–water partition coefficient (Wildman–Crippen LogP) is 3.67. The summed E-state index contributed by atoms with van der Waals surface area (Å²) in [6.45, 7) is 0. The van der Waals surface area contributed by atoms with E-state index in [1.165, 1.54) is 25.0 Å². The van der Waals surface area contributed by atoms with Crippen LogP contribution in [0.2, 0.25) is 0 Å². The number of rotatable bonds is 3. The van der Waals surface area contributed by atoms with Gasteiger partial charge in [-0.05, 0) is 24.3 Å². The lowest BCUT2D eigenvalue weighted by atomic mass is 9.96. The zero-order valence-corrected chi connectivity index (χ0v) is 10.9. The Kier molecular flexibility index (Phi) is 3.44. The van der Waals surface area contributed by atoms with E-state index in [1.54, 1.807) is 30.3 Å².